The lowest BCUT2D eigenvalue weighted by molar-refractivity contribution is 0.0471. The molecule has 1 saturated heterocycles. The number of carbonyl (C=O) groups is 1. The molecule has 1 aliphatic heterocycles. The summed E-state index contributed by atoms with van der Waals surface area (Å²) in [5.74, 6) is 0. The van der Waals surface area contributed by atoms with Gasteiger partial charge in [-0.3, -0.25) is 0 Å². The fourth-order valence-corrected chi connectivity index (χ4v) is 2.60. The highest BCUT2D eigenvalue weighted by Crippen LogP contribution is 2.33. The zero-order chi connectivity index (χ0) is 19.0. The molecule has 0 aliphatic carbocycles. The normalized spacial score (nSPS) is 21.9. The van der Waals surface area contributed by atoms with E-state index in [1.807, 2.05) is 62.4 Å². The monoisotopic (exact) mass is 357 g/mol. The summed E-state index contributed by atoms with van der Waals surface area (Å²) in [5.41, 5.74) is 1.25. The van der Waals surface area contributed by atoms with E-state index in [0.717, 1.165) is 11.1 Å². The van der Waals surface area contributed by atoms with Gasteiger partial charge >= 0.3 is 6.09 Å². The molecule has 2 rings (SSSR count). The number of alkyl carbamates (subject to hydrolysis) is 1. The van der Waals surface area contributed by atoms with Crippen LogP contribution in [0, 0.1) is 0 Å². The fraction of sp³-hybridized carbons (Fsp3) is 0.381. The lowest BCUT2D eigenvalue weighted by atomic mass is 9.93. The third-order valence-corrected chi connectivity index (χ3v) is 4.40. The van der Waals surface area contributed by atoms with Crippen molar-refractivity contribution in [2.24, 2.45) is 0 Å². The van der Waals surface area contributed by atoms with Gasteiger partial charge in [-0.25, -0.2) is 4.79 Å². The van der Waals surface area contributed by atoms with Crippen LogP contribution in [-0.2, 0) is 16.1 Å². The molecule has 26 heavy (non-hydrogen) atoms. The van der Waals surface area contributed by atoms with Crippen LogP contribution in [0.2, 0.25) is 0 Å². The molecule has 5 nitrogen and oxygen atoms in total. The SMILES string of the molecule is C=C/C=C\C(=C/C)C[C@H](NC(=O)OCc1ccccc1)[C@@H](O)[C@]1(C)CO1. The van der Waals surface area contributed by atoms with Gasteiger partial charge in [-0.05, 0) is 25.8 Å². The molecule has 140 valence electrons. The highest BCUT2D eigenvalue weighted by Gasteiger charge is 2.50. The van der Waals surface area contributed by atoms with Crippen LogP contribution < -0.4 is 5.32 Å². The van der Waals surface area contributed by atoms with Crippen molar-refractivity contribution < 1.29 is 19.4 Å². The van der Waals surface area contributed by atoms with E-state index in [-0.39, 0.29) is 6.61 Å². The number of carbonyl (C=O) groups excluding carboxylic acids is 1. The summed E-state index contributed by atoms with van der Waals surface area (Å²) < 4.78 is 10.6. The van der Waals surface area contributed by atoms with E-state index in [0.29, 0.717) is 13.0 Å². The van der Waals surface area contributed by atoms with Crippen LogP contribution >= 0.6 is 0 Å². The number of hydrogen-bond donors (Lipinski definition) is 2. The van der Waals surface area contributed by atoms with Gasteiger partial charge in [-0.1, -0.05) is 66.8 Å². The highest BCUT2D eigenvalue weighted by atomic mass is 16.6. The van der Waals surface area contributed by atoms with Gasteiger partial charge in [0.2, 0.25) is 0 Å². The number of rotatable bonds is 9. The number of ether oxygens (including phenoxy) is 2. The third kappa shape index (κ3) is 5.86. The number of nitrogens with one attached hydrogen (secondary N) is 1. The maximum absolute atomic E-state index is 12.2. The van der Waals surface area contributed by atoms with Crippen molar-refractivity contribution in [2.75, 3.05) is 6.61 Å². The third-order valence-electron chi connectivity index (χ3n) is 4.40. The Kier molecular flexibility index (Phi) is 7.18. The summed E-state index contributed by atoms with van der Waals surface area (Å²) in [6.07, 6.45) is 6.40. The molecule has 1 amide bonds. The van der Waals surface area contributed by atoms with Gasteiger partial charge < -0.3 is 19.9 Å². The van der Waals surface area contributed by atoms with Crippen molar-refractivity contribution in [1.29, 1.82) is 0 Å². The Morgan fingerprint density at radius 1 is 1.46 bits per heavy atom. The molecular formula is C21H27NO4. The van der Waals surface area contributed by atoms with Gasteiger partial charge in [0.05, 0.1) is 12.6 Å². The smallest absolute Gasteiger partial charge is 0.407 e. The number of epoxide rings is 1. The first kappa shape index (κ1) is 19.9. The van der Waals surface area contributed by atoms with Crippen LogP contribution in [-0.4, -0.2) is 35.6 Å². The topological polar surface area (TPSA) is 71.1 Å². The van der Waals surface area contributed by atoms with E-state index in [2.05, 4.69) is 11.9 Å². The summed E-state index contributed by atoms with van der Waals surface area (Å²) in [7, 11) is 0. The molecular weight excluding hydrogens is 330 g/mol. The van der Waals surface area contributed by atoms with Gasteiger partial charge in [0.1, 0.15) is 18.3 Å². The minimum Gasteiger partial charge on any atom is -0.445 e. The van der Waals surface area contributed by atoms with Crippen LogP contribution in [0.1, 0.15) is 25.8 Å². The van der Waals surface area contributed by atoms with Gasteiger partial charge in [0.15, 0.2) is 0 Å². The number of benzene rings is 1. The first-order valence-corrected chi connectivity index (χ1v) is 8.72. The Bertz CT molecular complexity index is 662. The van der Waals surface area contributed by atoms with Crippen molar-refractivity contribution in [3.05, 3.63) is 72.4 Å². The van der Waals surface area contributed by atoms with Gasteiger partial charge in [0, 0.05) is 0 Å². The number of hydrogen-bond acceptors (Lipinski definition) is 4. The van der Waals surface area contributed by atoms with Crippen LogP contribution in [0.15, 0.2) is 66.8 Å². The van der Waals surface area contributed by atoms with E-state index >= 15 is 0 Å². The Morgan fingerprint density at radius 3 is 2.73 bits per heavy atom. The zero-order valence-electron chi connectivity index (χ0n) is 15.4. The lowest BCUT2D eigenvalue weighted by Gasteiger charge is -2.27. The van der Waals surface area contributed by atoms with Gasteiger partial charge in [-0.15, -0.1) is 0 Å². The molecule has 5 heteroatoms. The second-order valence-corrected chi connectivity index (χ2v) is 6.52. The standard InChI is InChI=1S/C21H27NO4/c1-4-6-10-16(5-2)13-18(19(23)21(3)15-26-21)22-20(24)25-14-17-11-8-7-9-12-17/h4-12,18-19,23H,1,13-15H2,2-3H3,(H,22,24)/b10-6-,16-5+/t18-,19+,21-/m0/s1. The summed E-state index contributed by atoms with van der Waals surface area (Å²) in [6.45, 7) is 8.05. The van der Waals surface area contributed by atoms with Crippen LogP contribution in [0.25, 0.3) is 0 Å². The highest BCUT2D eigenvalue weighted by molar-refractivity contribution is 5.67. The zero-order valence-corrected chi connectivity index (χ0v) is 15.4. The van der Waals surface area contributed by atoms with Crippen LogP contribution in [0.5, 0.6) is 0 Å². The molecule has 1 aromatic carbocycles. The van der Waals surface area contributed by atoms with Crippen LogP contribution in [0.3, 0.4) is 0 Å². The van der Waals surface area contributed by atoms with Gasteiger partial charge in [0.25, 0.3) is 0 Å². The molecule has 1 aliphatic rings. The Hall–Kier alpha value is -2.37. The van der Waals surface area contributed by atoms with Crippen LogP contribution in [0.4, 0.5) is 4.79 Å². The van der Waals surface area contributed by atoms with Gasteiger partial charge in [-0.2, -0.15) is 0 Å². The quantitative estimate of drug-likeness (QED) is 0.524. The molecule has 1 aromatic rings. The molecule has 0 saturated carbocycles. The van der Waals surface area contributed by atoms with Crippen molar-refractivity contribution in [2.45, 2.75) is 44.6 Å². The Balaban J connectivity index is 1.99. The molecule has 2 N–H and O–H groups in total. The first-order valence-electron chi connectivity index (χ1n) is 8.72. The molecule has 0 aromatic heterocycles. The van der Waals surface area contributed by atoms with E-state index in [1.165, 1.54) is 0 Å². The minimum atomic E-state index is -0.834. The second-order valence-electron chi connectivity index (χ2n) is 6.52. The maximum atomic E-state index is 12.2. The molecule has 3 atom stereocenters. The number of aliphatic hydroxyl groups excluding tert-OH is 1. The van der Waals surface area contributed by atoms with Crippen molar-refractivity contribution in [1.82, 2.24) is 5.32 Å². The number of amides is 1. The second kappa shape index (κ2) is 9.36. The van der Waals surface area contributed by atoms with Crippen molar-refractivity contribution in [3.8, 4) is 0 Å². The molecule has 1 heterocycles. The van der Waals surface area contributed by atoms with E-state index < -0.39 is 23.8 Å². The molecule has 0 spiro atoms. The van der Waals surface area contributed by atoms with E-state index in [1.54, 1.807) is 6.08 Å². The average molecular weight is 357 g/mol. The fourth-order valence-electron chi connectivity index (χ4n) is 2.60. The number of allylic oxidation sites excluding steroid dienone is 4. The molecule has 1 fully saturated rings. The average Bonchev–Trinajstić information content (AvgIpc) is 3.41. The largest absolute Gasteiger partial charge is 0.445 e. The minimum absolute atomic E-state index is 0.177. The first-order chi connectivity index (χ1) is 12.5. The Labute approximate surface area is 155 Å². The van der Waals surface area contributed by atoms with E-state index in [4.69, 9.17) is 9.47 Å². The predicted octanol–water partition coefficient (Wildman–Crippen LogP) is 3.51. The summed E-state index contributed by atoms with van der Waals surface area (Å²) in [4.78, 5) is 12.2. The molecule has 0 unspecified atom stereocenters. The predicted molar refractivity (Wildman–Crippen MR) is 102 cm³/mol. The lowest BCUT2D eigenvalue weighted by Crippen LogP contribution is -2.49. The molecule has 0 bridgehead atoms. The Morgan fingerprint density at radius 2 is 2.15 bits per heavy atom. The number of aliphatic hydroxyl groups is 1. The summed E-state index contributed by atoms with van der Waals surface area (Å²) in [5, 5.41) is 13.4. The van der Waals surface area contributed by atoms with E-state index in [9.17, 15) is 9.90 Å². The molecule has 0 radical (unpaired) electrons. The summed E-state index contributed by atoms with van der Waals surface area (Å²) in [6, 6.07) is 8.93. The van der Waals surface area contributed by atoms with Crippen molar-refractivity contribution in [3.63, 3.8) is 0 Å². The van der Waals surface area contributed by atoms with Crippen molar-refractivity contribution >= 4 is 6.09 Å². The summed E-state index contributed by atoms with van der Waals surface area (Å²) >= 11 is 0. The maximum Gasteiger partial charge on any atom is 0.407 e.